The fourth-order valence-electron chi connectivity index (χ4n) is 1.37. The lowest BCUT2D eigenvalue weighted by atomic mass is 10.1. The number of hydrogen-bond acceptors (Lipinski definition) is 3. The van der Waals surface area contributed by atoms with E-state index in [-0.39, 0.29) is 24.8 Å². The van der Waals surface area contributed by atoms with Gasteiger partial charge in [0.2, 0.25) is 11.8 Å². The Kier molecular flexibility index (Phi) is 9.43. The van der Waals surface area contributed by atoms with Crippen molar-refractivity contribution < 1.29 is 9.59 Å². The zero-order chi connectivity index (χ0) is 13.1. The van der Waals surface area contributed by atoms with Gasteiger partial charge in [0.1, 0.15) is 0 Å². The van der Waals surface area contributed by atoms with E-state index in [1.165, 1.54) is 6.42 Å². The van der Waals surface area contributed by atoms with Crippen LogP contribution in [0.25, 0.3) is 0 Å². The van der Waals surface area contributed by atoms with Gasteiger partial charge in [0.15, 0.2) is 0 Å². The second-order valence-electron chi connectivity index (χ2n) is 4.55. The number of carbonyl (C=O) groups is 2. The Morgan fingerprint density at radius 1 is 1.12 bits per heavy atom. The molecule has 0 bridgehead atoms. The molecule has 0 heterocycles. The molecule has 0 saturated carbocycles. The number of rotatable bonds is 9. The maximum atomic E-state index is 11.3. The summed E-state index contributed by atoms with van der Waals surface area (Å²) in [6.45, 7) is 5.40. The third kappa shape index (κ3) is 11.2. The molecule has 0 aromatic heterocycles. The first-order valence-electron chi connectivity index (χ1n) is 6.29. The Morgan fingerprint density at radius 3 is 2.41 bits per heavy atom. The number of carbonyl (C=O) groups excluding carboxylic acids is 2. The second-order valence-corrected chi connectivity index (χ2v) is 4.55. The van der Waals surface area contributed by atoms with Crippen molar-refractivity contribution in [2.75, 3.05) is 19.6 Å². The minimum absolute atomic E-state index is 0.0447. The molecular weight excluding hydrogens is 218 g/mol. The first-order valence-corrected chi connectivity index (χ1v) is 6.29. The van der Waals surface area contributed by atoms with Crippen LogP contribution in [0.1, 0.15) is 39.5 Å². The smallest absolute Gasteiger partial charge is 0.239 e. The molecule has 4 N–H and O–H groups in total. The largest absolute Gasteiger partial charge is 0.355 e. The van der Waals surface area contributed by atoms with Gasteiger partial charge in [0, 0.05) is 19.5 Å². The van der Waals surface area contributed by atoms with Crippen LogP contribution in [0.15, 0.2) is 0 Å². The van der Waals surface area contributed by atoms with Gasteiger partial charge in [0.05, 0.1) is 6.54 Å². The lowest BCUT2D eigenvalue weighted by Crippen LogP contribution is -2.37. The molecule has 0 atom stereocenters. The van der Waals surface area contributed by atoms with Crippen LogP contribution < -0.4 is 16.4 Å². The second kappa shape index (κ2) is 10.1. The van der Waals surface area contributed by atoms with Crippen molar-refractivity contribution in [1.82, 2.24) is 10.6 Å². The summed E-state index contributed by atoms with van der Waals surface area (Å²) in [6.07, 6.45) is 3.56. The van der Waals surface area contributed by atoms with Gasteiger partial charge in [-0.3, -0.25) is 9.59 Å². The summed E-state index contributed by atoms with van der Waals surface area (Å²) in [4.78, 5) is 22.3. The predicted octanol–water partition coefficient (Wildman–Crippen LogP) is 0.394. The van der Waals surface area contributed by atoms with E-state index in [1.54, 1.807) is 0 Å². The SMILES string of the molecule is CC(C)CCCCNC(=O)CNC(=O)CCN. The number of nitrogens with two attached hydrogens (primary N) is 1. The summed E-state index contributed by atoms with van der Waals surface area (Å²) in [5, 5.41) is 5.28. The zero-order valence-electron chi connectivity index (χ0n) is 10.9. The summed E-state index contributed by atoms with van der Waals surface area (Å²) < 4.78 is 0. The average molecular weight is 243 g/mol. The van der Waals surface area contributed by atoms with Gasteiger partial charge in [-0.15, -0.1) is 0 Å². The van der Waals surface area contributed by atoms with E-state index in [9.17, 15) is 9.59 Å². The van der Waals surface area contributed by atoms with Gasteiger partial charge in [0.25, 0.3) is 0 Å². The molecule has 0 aromatic carbocycles. The molecule has 100 valence electrons. The molecule has 17 heavy (non-hydrogen) atoms. The first kappa shape index (κ1) is 15.9. The highest BCUT2D eigenvalue weighted by Crippen LogP contribution is 2.04. The normalized spacial score (nSPS) is 10.4. The van der Waals surface area contributed by atoms with Crippen molar-refractivity contribution in [2.24, 2.45) is 11.7 Å². The van der Waals surface area contributed by atoms with Crippen molar-refractivity contribution in [3.05, 3.63) is 0 Å². The minimum Gasteiger partial charge on any atom is -0.355 e. The molecule has 0 aliphatic rings. The van der Waals surface area contributed by atoms with E-state index in [0.29, 0.717) is 19.0 Å². The summed E-state index contributed by atoms with van der Waals surface area (Å²) in [5.74, 6) is 0.392. The van der Waals surface area contributed by atoms with Crippen LogP contribution in [0.3, 0.4) is 0 Å². The Balaban J connectivity index is 3.38. The van der Waals surface area contributed by atoms with Crippen LogP contribution in [0.2, 0.25) is 0 Å². The molecule has 0 fully saturated rings. The Bertz CT molecular complexity index is 230. The van der Waals surface area contributed by atoms with E-state index in [4.69, 9.17) is 5.73 Å². The van der Waals surface area contributed by atoms with Crippen LogP contribution in [0.4, 0.5) is 0 Å². The molecule has 5 nitrogen and oxygen atoms in total. The molecule has 2 amide bonds. The lowest BCUT2D eigenvalue weighted by Gasteiger charge is -2.07. The monoisotopic (exact) mass is 243 g/mol. The van der Waals surface area contributed by atoms with E-state index in [2.05, 4.69) is 24.5 Å². The summed E-state index contributed by atoms with van der Waals surface area (Å²) in [5.41, 5.74) is 5.21. The molecule has 0 aliphatic heterocycles. The van der Waals surface area contributed by atoms with E-state index in [1.807, 2.05) is 0 Å². The van der Waals surface area contributed by atoms with Crippen molar-refractivity contribution in [1.29, 1.82) is 0 Å². The number of amides is 2. The predicted molar refractivity (Wildman–Crippen MR) is 68.4 cm³/mol. The van der Waals surface area contributed by atoms with Crippen molar-refractivity contribution in [2.45, 2.75) is 39.5 Å². The van der Waals surface area contributed by atoms with Gasteiger partial charge in [-0.05, 0) is 12.3 Å². The third-order valence-corrected chi connectivity index (χ3v) is 2.35. The maximum Gasteiger partial charge on any atom is 0.239 e. The van der Waals surface area contributed by atoms with Gasteiger partial charge in [-0.1, -0.05) is 26.7 Å². The summed E-state index contributed by atoms with van der Waals surface area (Å²) >= 11 is 0. The van der Waals surface area contributed by atoms with Crippen LogP contribution in [-0.2, 0) is 9.59 Å². The first-order chi connectivity index (χ1) is 8.06. The Labute approximate surface area is 104 Å². The molecule has 0 radical (unpaired) electrons. The highest BCUT2D eigenvalue weighted by molar-refractivity contribution is 5.84. The van der Waals surface area contributed by atoms with Gasteiger partial charge >= 0.3 is 0 Å². The highest BCUT2D eigenvalue weighted by atomic mass is 16.2. The Morgan fingerprint density at radius 2 is 1.82 bits per heavy atom. The van der Waals surface area contributed by atoms with E-state index >= 15 is 0 Å². The molecule has 0 rings (SSSR count). The number of hydrogen-bond donors (Lipinski definition) is 3. The standard InChI is InChI=1S/C12H25N3O2/c1-10(2)5-3-4-8-14-12(17)9-15-11(16)6-7-13/h10H,3-9,13H2,1-2H3,(H,14,17)(H,15,16). The zero-order valence-corrected chi connectivity index (χ0v) is 10.9. The fraction of sp³-hybridized carbons (Fsp3) is 0.833. The maximum absolute atomic E-state index is 11.3. The molecule has 5 heteroatoms. The van der Waals surface area contributed by atoms with Crippen LogP contribution >= 0.6 is 0 Å². The van der Waals surface area contributed by atoms with Crippen LogP contribution in [0.5, 0.6) is 0 Å². The number of nitrogens with one attached hydrogen (secondary N) is 2. The van der Waals surface area contributed by atoms with Gasteiger partial charge in [-0.2, -0.15) is 0 Å². The topological polar surface area (TPSA) is 84.2 Å². The Hall–Kier alpha value is -1.10. The van der Waals surface area contributed by atoms with E-state index < -0.39 is 0 Å². The van der Waals surface area contributed by atoms with Crippen molar-refractivity contribution in [3.8, 4) is 0 Å². The summed E-state index contributed by atoms with van der Waals surface area (Å²) in [6, 6.07) is 0. The quantitative estimate of drug-likeness (QED) is 0.512. The highest BCUT2D eigenvalue weighted by Gasteiger charge is 2.03. The number of unbranched alkanes of at least 4 members (excludes halogenated alkanes) is 1. The molecular formula is C12H25N3O2. The third-order valence-electron chi connectivity index (χ3n) is 2.35. The average Bonchev–Trinajstić information content (AvgIpc) is 2.26. The molecule has 0 aliphatic carbocycles. The van der Waals surface area contributed by atoms with Crippen LogP contribution in [0, 0.1) is 5.92 Å². The molecule has 0 aromatic rings. The van der Waals surface area contributed by atoms with E-state index in [0.717, 1.165) is 12.8 Å². The fourth-order valence-corrected chi connectivity index (χ4v) is 1.37. The van der Waals surface area contributed by atoms with Gasteiger partial charge in [-0.25, -0.2) is 0 Å². The molecule has 0 spiro atoms. The minimum atomic E-state index is -0.178. The molecule has 0 saturated heterocycles. The summed E-state index contributed by atoms with van der Waals surface area (Å²) in [7, 11) is 0. The van der Waals surface area contributed by atoms with Gasteiger partial charge < -0.3 is 16.4 Å². The van der Waals surface area contributed by atoms with Crippen LogP contribution in [-0.4, -0.2) is 31.4 Å². The van der Waals surface area contributed by atoms with Crippen molar-refractivity contribution >= 4 is 11.8 Å². The van der Waals surface area contributed by atoms with Crippen molar-refractivity contribution in [3.63, 3.8) is 0 Å². The lowest BCUT2D eigenvalue weighted by molar-refractivity contribution is -0.126. The molecule has 0 unspecified atom stereocenters.